The summed E-state index contributed by atoms with van der Waals surface area (Å²) in [6.45, 7) is 10.2. The van der Waals surface area contributed by atoms with E-state index in [1.54, 1.807) is 0 Å². The van der Waals surface area contributed by atoms with E-state index in [1.165, 1.54) is 36.4 Å². The van der Waals surface area contributed by atoms with Crippen LogP contribution in [0.1, 0.15) is 65.7 Å². The number of nitrogens with zero attached hydrogens (tertiary/aromatic N) is 3. The van der Waals surface area contributed by atoms with E-state index in [-0.39, 0.29) is 36.3 Å². The van der Waals surface area contributed by atoms with Gasteiger partial charge >= 0.3 is 0 Å². The van der Waals surface area contributed by atoms with E-state index >= 15 is 0 Å². The molecule has 0 bridgehead atoms. The lowest BCUT2D eigenvalue weighted by Gasteiger charge is -2.39. The minimum absolute atomic E-state index is 0. The first-order chi connectivity index (χ1) is 13.5. The Labute approximate surface area is 195 Å². The number of hydrogen-bond donors (Lipinski definition) is 2. The number of rotatable bonds is 9. The van der Waals surface area contributed by atoms with Gasteiger partial charge in [0.25, 0.3) is 0 Å². The Morgan fingerprint density at radius 2 is 1.66 bits per heavy atom. The lowest BCUT2D eigenvalue weighted by atomic mass is 9.92. The second-order valence-corrected chi connectivity index (χ2v) is 10.00. The molecule has 0 radical (unpaired) electrons. The third-order valence-corrected chi connectivity index (χ3v) is 8.03. The molecule has 0 atom stereocenters. The number of sulfonamides is 1. The van der Waals surface area contributed by atoms with E-state index in [9.17, 15) is 8.42 Å². The Balaban J connectivity index is 0.00000420. The van der Waals surface area contributed by atoms with Crippen molar-refractivity contribution in [3.63, 3.8) is 0 Å². The molecule has 1 aliphatic carbocycles. The van der Waals surface area contributed by atoms with Crippen LogP contribution in [0.5, 0.6) is 0 Å². The minimum atomic E-state index is -3.22. The molecule has 172 valence electrons. The largest absolute Gasteiger partial charge is 0.357 e. The van der Waals surface area contributed by atoms with Gasteiger partial charge in [-0.1, -0.05) is 33.1 Å². The topological polar surface area (TPSA) is 77.0 Å². The van der Waals surface area contributed by atoms with E-state index in [0.717, 1.165) is 44.5 Å². The van der Waals surface area contributed by atoms with E-state index in [0.29, 0.717) is 19.1 Å². The van der Waals surface area contributed by atoms with Crippen LogP contribution in [0.15, 0.2) is 4.99 Å². The Bertz CT molecular complexity index is 569. The van der Waals surface area contributed by atoms with Crippen LogP contribution in [0, 0.1) is 0 Å². The lowest BCUT2D eigenvalue weighted by molar-refractivity contribution is 0.119. The van der Waals surface area contributed by atoms with Gasteiger partial charge in [0.2, 0.25) is 10.0 Å². The summed E-state index contributed by atoms with van der Waals surface area (Å²) in [6, 6.07) is 1.21. The van der Waals surface area contributed by atoms with Crippen LogP contribution in [-0.2, 0) is 10.0 Å². The number of likely N-dealkylation sites (tertiary alicyclic amines) is 1. The van der Waals surface area contributed by atoms with Crippen LogP contribution < -0.4 is 10.6 Å². The fourth-order valence-corrected chi connectivity index (χ4v) is 5.75. The fourth-order valence-electron chi connectivity index (χ4n) is 4.39. The summed E-state index contributed by atoms with van der Waals surface area (Å²) in [5.74, 6) is 0.805. The molecule has 0 spiro atoms. The van der Waals surface area contributed by atoms with Crippen LogP contribution in [0.25, 0.3) is 0 Å². The van der Waals surface area contributed by atoms with Gasteiger partial charge in [0.1, 0.15) is 0 Å². The number of hydrogen-bond acceptors (Lipinski definition) is 4. The first-order valence-corrected chi connectivity index (χ1v) is 12.9. The van der Waals surface area contributed by atoms with Crippen LogP contribution >= 0.6 is 24.0 Å². The van der Waals surface area contributed by atoms with Crippen molar-refractivity contribution in [1.29, 1.82) is 0 Å². The Morgan fingerprint density at radius 1 is 1.03 bits per heavy atom. The van der Waals surface area contributed by atoms with Crippen LogP contribution in [0.2, 0.25) is 0 Å². The Hall–Kier alpha value is -0.130. The molecule has 0 aromatic carbocycles. The van der Waals surface area contributed by atoms with E-state index in [1.807, 2.05) is 20.8 Å². The van der Waals surface area contributed by atoms with Crippen molar-refractivity contribution in [2.45, 2.75) is 77.8 Å². The van der Waals surface area contributed by atoms with Crippen LogP contribution in [-0.4, -0.2) is 80.7 Å². The average molecular weight is 544 g/mol. The average Bonchev–Trinajstić information content (AvgIpc) is 2.70. The number of guanidine groups is 1. The monoisotopic (exact) mass is 543 g/mol. The standard InChI is InChI=1S/C20H41N5O2S.HI/c1-4-21-20(22-14-17-28(26,27)25(5-2)6-3)23-18-12-15-24(16-13-18)19-10-8-7-9-11-19;/h18-19H,4-17H2,1-3H3,(H2,21,22,23);1H. The molecule has 1 saturated carbocycles. The summed E-state index contributed by atoms with van der Waals surface area (Å²) in [6.07, 6.45) is 9.15. The highest BCUT2D eigenvalue weighted by molar-refractivity contribution is 14.0. The molecule has 1 heterocycles. The van der Waals surface area contributed by atoms with Crippen LogP contribution in [0.4, 0.5) is 0 Å². The molecule has 2 aliphatic rings. The maximum Gasteiger partial charge on any atom is 0.215 e. The van der Waals surface area contributed by atoms with Gasteiger partial charge in [0.15, 0.2) is 5.96 Å². The van der Waals surface area contributed by atoms with E-state index in [4.69, 9.17) is 0 Å². The molecule has 29 heavy (non-hydrogen) atoms. The zero-order chi connectivity index (χ0) is 20.4. The summed E-state index contributed by atoms with van der Waals surface area (Å²) in [5.41, 5.74) is 0. The second-order valence-electron chi connectivity index (χ2n) is 7.91. The van der Waals surface area contributed by atoms with Crippen molar-refractivity contribution in [2.75, 3.05) is 45.0 Å². The zero-order valence-electron chi connectivity index (χ0n) is 18.5. The third kappa shape index (κ3) is 8.86. The first kappa shape index (κ1) is 26.9. The van der Waals surface area contributed by atoms with Crippen molar-refractivity contribution >= 4 is 40.0 Å². The van der Waals surface area contributed by atoms with Gasteiger partial charge in [0, 0.05) is 44.8 Å². The number of piperidine rings is 1. The zero-order valence-corrected chi connectivity index (χ0v) is 21.7. The van der Waals surface area contributed by atoms with E-state index in [2.05, 4.69) is 20.5 Å². The van der Waals surface area contributed by atoms with Gasteiger partial charge < -0.3 is 15.5 Å². The van der Waals surface area contributed by atoms with Crippen molar-refractivity contribution in [1.82, 2.24) is 19.8 Å². The van der Waals surface area contributed by atoms with Crippen molar-refractivity contribution in [2.24, 2.45) is 4.99 Å². The molecule has 0 unspecified atom stereocenters. The molecule has 0 aromatic heterocycles. The normalized spacial score (nSPS) is 20.5. The van der Waals surface area contributed by atoms with Gasteiger partial charge in [-0.15, -0.1) is 24.0 Å². The molecule has 7 nitrogen and oxygen atoms in total. The molecule has 2 N–H and O–H groups in total. The molecular weight excluding hydrogens is 501 g/mol. The molecule has 9 heteroatoms. The predicted molar refractivity (Wildman–Crippen MR) is 133 cm³/mol. The highest BCUT2D eigenvalue weighted by Gasteiger charge is 2.26. The van der Waals surface area contributed by atoms with Crippen molar-refractivity contribution < 1.29 is 8.42 Å². The molecule has 0 amide bonds. The number of nitrogens with one attached hydrogen (secondary N) is 2. The second kappa shape index (κ2) is 14.0. The molecule has 0 aromatic rings. The molecular formula is C20H42IN5O2S. The van der Waals surface area contributed by atoms with Gasteiger partial charge in [-0.05, 0) is 32.6 Å². The third-order valence-electron chi connectivity index (χ3n) is 6.02. The van der Waals surface area contributed by atoms with Gasteiger partial charge in [-0.25, -0.2) is 12.7 Å². The Morgan fingerprint density at radius 3 is 2.21 bits per heavy atom. The van der Waals surface area contributed by atoms with Gasteiger partial charge in [-0.2, -0.15) is 0 Å². The molecule has 1 aliphatic heterocycles. The Kier molecular flexibility index (Phi) is 13.0. The van der Waals surface area contributed by atoms with E-state index < -0.39 is 10.0 Å². The predicted octanol–water partition coefficient (Wildman–Crippen LogP) is 2.63. The molecule has 2 fully saturated rings. The molecule has 2 rings (SSSR count). The van der Waals surface area contributed by atoms with Crippen molar-refractivity contribution in [3.8, 4) is 0 Å². The summed E-state index contributed by atoms with van der Waals surface area (Å²) < 4.78 is 26.1. The highest BCUT2D eigenvalue weighted by Crippen LogP contribution is 2.25. The minimum Gasteiger partial charge on any atom is -0.357 e. The number of halogens is 1. The van der Waals surface area contributed by atoms with Gasteiger partial charge in [-0.3, -0.25) is 4.99 Å². The van der Waals surface area contributed by atoms with Gasteiger partial charge in [0.05, 0.1) is 12.3 Å². The maximum absolute atomic E-state index is 12.3. The lowest BCUT2D eigenvalue weighted by Crippen LogP contribution is -2.51. The first-order valence-electron chi connectivity index (χ1n) is 11.3. The fraction of sp³-hybridized carbons (Fsp3) is 0.950. The van der Waals surface area contributed by atoms with Crippen LogP contribution in [0.3, 0.4) is 0 Å². The SMILES string of the molecule is CCNC(=NCCS(=O)(=O)N(CC)CC)NC1CCN(C2CCCCC2)CC1.I. The summed E-state index contributed by atoms with van der Waals surface area (Å²) >= 11 is 0. The summed E-state index contributed by atoms with van der Waals surface area (Å²) in [4.78, 5) is 7.21. The number of aliphatic imine (C=N–C) groups is 1. The van der Waals surface area contributed by atoms with Crippen molar-refractivity contribution in [3.05, 3.63) is 0 Å². The molecule has 1 saturated heterocycles. The summed E-state index contributed by atoms with van der Waals surface area (Å²) in [5, 5.41) is 6.79. The quantitative estimate of drug-likeness (QED) is 0.266. The highest BCUT2D eigenvalue weighted by atomic mass is 127. The summed E-state index contributed by atoms with van der Waals surface area (Å²) in [7, 11) is -3.22. The smallest absolute Gasteiger partial charge is 0.215 e. The maximum atomic E-state index is 12.3.